The zero-order chi connectivity index (χ0) is 28.6. The molecule has 0 bridgehead atoms. The molecule has 3 rings (SSSR count). The number of hydrogen-bond acceptors (Lipinski definition) is 2. The molecule has 0 radical (unpaired) electrons. The Kier molecular flexibility index (Phi) is 7.99. The van der Waals surface area contributed by atoms with E-state index in [0.29, 0.717) is 0 Å². The maximum atomic E-state index is 15.2. The maximum Gasteiger partial charge on any atom is 0.435 e. The zero-order valence-corrected chi connectivity index (χ0v) is 20.3. The Hall–Kier alpha value is -3.38. The Morgan fingerprint density at radius 2 is 1.34 bits per heavy atom. The van der Waals surface area contributed by atoms with E-state index < -0.39 is 62.5 Å². The van der Waals surface area contributed by atoms with Crippen molar-refractivity contribution in [2.75, 3.05) is 17.3 Å². The summed E-state index contributed by atoms with van der Waals surface area (Å²) in [6, 6.07) is 11.2. The van der Waals surface area contributed by atoms with Gasteiger partial charge in [0.1, 0.15) is 0 Å². The number of nitrogens with one attached hydrogen (secondary N) is 1. The number of alkyl halides is 7. The molecule has 38 heavy (non-hydrogen) atoms. The van der Waals surface area contributed by atoms with E-state index in [1.165, 1.54) is 31.3 Å². The third kappa shape index (κ3) is 5.28. The van der Waals surface area contributed by atoms with E-state index in [1.54, 1.807) is 18.2 Å². The standard InChI is InChI=1S/C24H14Cl2F8N2O2/c1-36(21(38)12-6-3-2-4-7-12)17-9-5-8-14(18(17)27)20(37)35-19-15(25)10-13(11-16(19)26)22(28,23(29,30)31)24(32,33)34/h2-11H,1H3,(H,35,37). The number of carbonyl (C=O) groups excluding carboxylic acids is 2. The summed E-state index contributed by atoms with van der Waals surface area (Å²) in [5.74, 6) is -3.06. The third-order valence-corrected chi connectivity index (χ3v) is 5.97. The Bertz CT molecular complexity index is 1340. The first-order valence-electron chi connectivity index (χ1n) is 10.3. The van der Waals surface area contributed by atoms with Crippen molar-refractivity contribution >= 4 is 46.4 Å². The molecule has 0 heterocycles. The molecule has 0 atom stereocenters. The number of hydrogen-bond donors (Lipinski definition) is 1. The zero-order valence-electron chi connectivity index (χ0n) is 18.8. The highest BCUT2D eigenvalue weighted by atomic mass is 35.5. The van der Waals surface area contributed by atoms with Gasteiger partial charge in [-0.15, -0.1) is 0 Å². The summed E-state index contributed by atoms with van der Waals surface area (Å²) in [7, 11) is 1.24. The second kappa shape index (κ2) is 10.4. The van der Waals surface area contributed by atoms with Crippen molar-refractivity contribution in [2.45, 2.75) is 18.0 Å². The fourth-order valence-corrected chi connectivity index (χ4v) is 3.98. The van der Waals surface area contributed by atoms with E-state index in [2.05, 4.69) is 0 Å². The monoisotopic (exact) mass is 584 g/mol. The lowest BCUT2D eigenvalue weighted by Crippen LogP contribution is -2.50. The van der Waals surface area contributed by atoms with Gasteiger partial charge in [0.2, 0.25) is 0 Å². The van der Waals surface area contributed by atoms with Crippen molar-refractivity contribution in [3.63, 3.8) is 0 Å². The first-order chi connectivity index (χ1) is 17.5. The molecular formula is C24H14Cl2F8N2O2. The number of nitrogens with zero attached hydrogens (tertiary/aromatic N) is 1. The molecule has 0 fully saturated rings. The number of amides is 2. The van der Waals surface area contributed by atoms with Crippen molar-refractivity contribution in [1.29, 1.82) is 0 Å². The fourth-order valence-electron chi connectivity index (χ4n) is 3.40. The minimum absolute atomic E-state index is 0.00309. The molecule has 3 aromatic carbocycles. The number of halogens is 10. The van der Waals surface area contributed by atoms with Crippen molar-refractivity contribution in [3.8, 4) is 0 Å². The normalized spacial score (nSPS) is 12.3. The van der Waals surface area contributed by atoms with Gasteiger partial charge in [-0.25, -0.2) is 8.78 Å². The smallest absolute Gasteiger partial charge is 0.319 e. The van der Waals surface area contributed by atoms with Crippen LogP contribution in [0.2, 0.25) is 10.0 Å². The average Bonchev–Trinajstić information content (AvgIpc) is 2.83. The topological polar surface area (TPSA) is 49.4 Å². The molecule has 0 aliphatic rings. The molecule has 0 saturated heterocycles. The van der Waals surface area contributed by atoms with Crippen LogP contribution in [0.1, 0.15) is 26.3 Å². The summed E-state index contributed by atoms with van der Waals surface area (Å²) in [5.41, 5.74) is -9.27. The highest BCUT2D eigenvalue weighted by Gasteiger charge is 2.73. The van der Waals surface area contributed by atoms with Crippen molar-refractivity contribution in [3.05, 3.63) is 93.2 Å². The lowest BCUT2D eigenvalue weighted by molar-refractivity contribution is -0.348. The Labute approximate surface area is 219 Å². The van der Waals surface area contributed by atoms with Gasteiger partial charge in [0.25, 0.3) is 11.8 Å². The van der Waals surface area contributed by atoms with Crippen LogP contribution in [-0.2, 0) is 5.67 Å². The molecule has 0 saturated carbocycles. The van der Waals surface area contributed by atoms with Gasteiger partial charge in [-0.1, -0.05) is 47.5 Å². The van der Waals surface area contributed by atoms with Gasteiger partial charge in [0.15, 0.2) is 5.82 Å². The summed E-state index contributed by atoms with van der Waals surface area (Å²) in [4.78, 5) is 26.3. The van der Waals surface area contributed by atoms with Crippen LogP contribution >= 0.6 is 23.2 Å². The first kappa shape index (κ1) is 29.2. The quantitative estimate of drug-likeness (QED) is 0.309. The Balaban J connectivity index is 1.96. The fraction of sp³-hybridized carbons (Fsp3) is 0.167. The van der Waals surface area contributed by atoms with Crippen LogP contribution in [0.4, 0.5) is 46.5 Å². The second-order valence-corrected chi connectivity index (χ2v) is 8.61. The molecule has 0 unspecified atom stereocenters. The van der Waals surface area contributed by atoms with E-state index in [0.717, 1.165) is 11.0 Å². The molecule has 0 aliphatic carbocycles. The number of rotatable bonds is 5. The highest BCUT2D eigenvalue weighted by Crippen LogP contribution is 2.54. The Morgan fingerprint density at radius 3 is 1.84 bits per heavy atom. The van der Waals surface area contributed by atoms with E-state index in [1.807, 2.05) is 5.32 Å². The predicted octanol–water partition coefficient (Wildman–Crippen LogP) is 7.95. The van der Waals surface area contributed by atoms with E-state index in [-0.39, 0.29) is 23.4 Å². The number of benzene rings is 3. The van der Waals surface area contributed by atoms with Crippen LogP contribution in [0.5, 0.6) is 0 Å². The van der Waals surface area contributed by atoms with Gasteiger partial charge in [-0.05, 0) is 36.4 Å². The van der Waals surface area contributed by atoms with E-state index in [4.69, 9.17) is 23.2 Å². The van der Waals surface area contributed by atoms with Gasteiger partial charge in [-0.3, -0.25) is 9.59 Å². The van der Waals surface area contributed by atoms with Crippen LogP contribution in [-0.4, -0.2) is 31.2 Å². The molecular weight excluding hydrogens is 571 g/mol. The summed E-state index contributed by atoms with van der Waals surface area (Å²) < 4.78 is 108. The van der Waals surface area contributed by atoms with Crippen molar-refractivity contribution in [2.24, 2.45) is 0 Å². The molecule has 14 heteroatoms. The molecule has 202 valence electrons. The number of carbonyl (C=O) groups is 2. The molecule has 0 aromatic heterocycles. The third-order valence-electron chi connectivity index (χ3n) is 5.37. The van der Waals surface area contributed by atoms with Crippen LogP contribution < -0.4 is 10.2 Å². The van der Waals surface area contributed by atoms with E-state index in [9.17, 15) is 40.3 Å². The summed E-state index contributed by atoms with van der Waals surface area (Å²) in [5, 5.41) is 0.0234. The van der Waals surface area contributed by atoms with Crippen molar-refractivity contribution in [1.82, 2.24) is 0 Å². The summed E-state index contributed by atoms with van der Waals surface area (Å²) in [6.45, 7) is 0. The van der Waals surface area contributed by atoms with Crippen LogP contribution in [0.15, 0.2) is 60.7 Å². The maximum absolute atomic E-state index is 15.2. The molecule has 3 aromatic rings. The van der Waals surface area contributed by atoms with Gasteiger partial charge < -0.3 is 10.2 Å². The number of anilines is 2. The van der Waals surface area contributed by atoms with Crippen molar-refractivity contribution < 1.29 is 44.7 Å². The second-order valence-electron chi connectivity index (χ2n) is 7.79. The molecule has 4 nitrogen and oxygen atoms in total. The largest absolute Gasteiger partial charge is 0.435 e. The molecule has 2 amide bonds. The van der Waals surface area contributed by atoms with Crippen LogP contribution in [0, 0.1) is 5.82 Å². The summed E-state index contributed by atoms with van der Waals surface area (Å²) >= 11 is 11.5. The first-order valence-corrected chi connectivity index (χ1v) is 11.0. The lowest BCUT2D eigenvalue weighted by Gasteiger charge is -2.30. The summed E-state index contributed by atoms with van der Waals surface area (Å²) in [6.07, 6.45) is -12.8. The van der Waals surface area contributed by atoms with Crippen LogP contribution in [0.3, 0.4) is 0 Å². The highest BCUT2D eigenvalue weighted by molar-refractivity contribution is 6.40. The van der Waals surface area contributed by atoms with E-state index >= 15 is 4.39 Å². The SMILES string of the molecule is CN(C(=O)c1ccccc1)c1cccc(C(=O)Nc2c(Cl)cc(C(F)(C(F)(F)F)C(F)(F)F)cc2Cl)c1F. The minimum atomic E-state index is -6.42. The van der Waals surface area contributed by atoms with Gasteiger partial charge in [0.05, 0.1) is 27.0 Å². The average molecular weight is 585 g/mol. The van der Waals surface area contributed by atoms with Gasteiger partial charge in [-0.2, -0.15) is 26.3 Å². The minimum Gasteiger partial charge on any atom is -0.319 e. The van der Waals surface area contributed by atoms with Gasteiger partial charge >= 0.3 is 18.0 Å². The predicted molar refractivity (Wildman–Crippen MR) is 125 cm³/mol. The van der Waals surface area contributed by atoms with Crippen LogP contribution in [0.25, 0.3) is 0 Å². The molecule has 0 aliphatic heterocycles. The lowest BCUT2D eigenvalue weighted by atomic mass is 9.94. The molecule has 0 spiro atoms. The molecule has 1 N–H and O–H groups in total. The Morgan fingerprint density at radius 1 is 0.816 bits per heavy atom. The van der Waals surface area contributed by atoms with Gasteiger partial charge in [0, 0.05) is 18.2 Å².